The van der Waals surface area contributed by atoms with E-state index in [1.165, 1.54) is 0 Å². The molecular weight excluding hydrogens is 202 g/mol. The number of halogens is 1. The highest BCUT2D eigenvalue weighted by Gasteiger charge is 2.19. The summed E-state index contributed by atoms with van der Waals surface area (Å²) in [5.41, 5.74) is 7.64. The molecule has 14 heavy (non-hydrogen) atoms. The highest BCUT2D eigenvalue weighted by atomic mass is 35.5. The van der Waals surface area contributed by atoms with Crippen LogP contribution in [-0.4, -0.2) is 22.2 Å². The normalized spacial score (nSPS) is 15.1. The van der Waals surface area contributed by atoms with Crippen LogP contribution in [0.25, 0.3) is 0 Å². The van der Waals surface area contributed by atoms with Crippen LogP contribution < -0.4 is 5.73 Å². The molecule has 0 heterocycles. The monoisotopic (exact) mass is 215 g/mol. The minimum Gasteiger partial charge on any atom is -0.398 e. The van der Waals surface area contributed by atoms with Gasteiger partial charge in [-0.05, 0) is 13.0 Å². The highest BCUT2D eigenvalue weighted by molar-refractivity contribution is 6.18. The maximum atomic E-state index is 9.68. The Morgan fingerprint density at radius 3 is 2.64 bits per heavy atom. The van der Waals surface area contributed by atoms with Gasteiger partial charge in [0.25, 0.3) is 0 Å². The van der Waals surface area contributed by atoms with E-state index >= 15 is 0 Å². The maximum absolute atomic E-state index is 9.68. The number of aryl methyl sites for hydroxylation is 1. The van der Waals surface area contributed by atoms with Crippen LogP contribution in [0.1, 0.15) is 17.2 Å². The Kier molecular flexibility index (Phi) is 3.75. The van der Waals surface area contributed by atoms with Gasteiger partial charge in [-0.2, -0.15) is 0 Å². The number of hydrogen-bond donors (Lipinski definition) is 3. The first-order chi connectivity index (χ1) is 6.56. The van der Waals surface area contributed by atoms with Crippen LogP contribution in [0.4, 0.5) is 5.69 Å². The van der Waals surface area contributed by atoms with Crippen molar-refractivity contribution in [2.24, 2.45) is 0 Å². The summed E-state index contributed by atoms with van der Waals surface area (Å²) in [6, 6.07) is 5.29. The fourth-order valence-corrected chi connectivity index (χ4v) is 1.41. The number of benzene rings is 1. The van der Waals surface area contributed by atoms with Gasteiger partial charge in [0.05, 0.1) is 12.0 Å². The predicted molar refractivity (Wildman–Crippen MR) is 57.3 cm³/mol. The zero-order valence-electron chi connectivity index (χ0n) is 7.94. The van der Waals surface area contributed by atoms with Crippen LogP contribution in [0.3, 0.4) is 0 Å². The Morgan fingerprint density at radius 1 is 1.43 bits per heavy atom. The van der Waals surface area contributed by atoms with E-state index in [1.54, 1.807) is 12.1 Å². The lowest BCUT2D eigenvalue weighted by molar-refractivity contribution is 0.0331. The molecule has 1 aromatic carbocycles. The first-order valence-electron chi connectivity index (χ1n) is 4.34. The number of aliphatic hydroxyl groups excluding tert-OH is 2. The van der Waals surface area contributed by atoms with Gasteiger partial charge in [0.2, 0.25) is 0 Å². The van der Waals surface area contributed by atoms with Crippen molar-refractivity contribution in [2.75, 3.05) is 11.6 Å². The summed E-state index contributed by atoms with van der Waals surface area (Å²) < 4.78 is 0. The fourth-order valence-electron chi connectivity index (χ4n) is 1.24. The molecule has 0 saturated heterocycles. The molecule has 0 radical (unpaired) electrons. The minimum absolute atomic E-state index is 0.0193. The van der Waals surface area contributed by atoms with Crippen molar-refractivity contribution in [3.05, 3.63) is 29.3 Å². The molecule has 2 unspecified atom stereocenters. The van der Waals surface area contributed by atoms with Crippen molar-refractivity contribution in [3.8, 4) is 0 Å². The quantitative estimate of drug-likeness (QED) is 0.525. The Morgan fingerprint density at radius 2 is 2.07 bits per heavy atom. The van der Waals surface area contributed by atoms with E-state index in [9.17, 15) is 10.2 Å². The van der Waals surface area contributed by atoms with Crippen molar-refractivity contribution in [1.29, 1.82) is 0 Å². The minimum atomic E-state index is -1.02. The lowest BCUT2D eigenvalue weighted by Crippen LogP contribution is -2.20. The van der Waals surface area contributed by atoms with E-state index in [0.29, 0.717) is 11.3 Å². The van der Waals surface area contributed by atoms with Crippen LogP contribution in [0, 0.1) is 6.92 Å². The molecule has 0 amide bonds. The maximum Gasteiger partial charge on any atom is 0.108 e. The van der Waals surface area contributed by atoms with E-state index in [1.807, 2.05) is 13.0 Å². The number of anilines is 1. The van der Waals surface area contributed by atoms with Gasteiger partial charge in [-0.25, -0.2) is 0 Å². The van der Waals surface area contributed by atoms with Gasteiger partial charge >= 0.3 is 0 Å². The zero-order valence-corrected chi connectivity index (χ0v) is 8.70. The van der Waals surface area contributed by atoms with Crippen molar-refractivity contribution < 1.29 is 10.2 Å². The van der Waals surface area contributed by atoms with Crippen LogP contribution in [-0.2, 0) is 0 Å². The predicted octanol–water partition coefficient (Wildman–Crippen LogP) is 1.21. The summed E-state index contributed by atoms with van der Waals surface area (Å²) in [6.45, 7) is 1.89. The third-order valence-corrected chi connectivity index (χ3v) is 2.40. The average Bonchev–Trinajstić information content (AvgIpc) is 2.19. The van der Waals surface area contributed by atoms with Gasteiger partial charge in [0, 0.05) is 11.3 Å². The van der Waals surface area contributed by atoms with Crippen molar-refractivity contribution in [2.45, 2.75) is 19.1 Å². The number of nitrogen functional groups attached to an aromatic ring is 1. The van der Waals surface area contributed by atoms with E-state index in [0.717, 1.165) is 5.56 Å². The van der Waals surface area contributed by atoms with Gasteiger partial charge in [-0.1, -0.05) is 17.7 Å². The summed E-state index contributed by atoms with van der Waals surface area (Å²) in [7, 11) is 0. The second-order valence-corrected chi connectivity index (χ2v) is 3.61. The zero-order chi connectivity index (χ0) is 10.7. The molecule has 0 aromatic heterocycles. The second-order valence-electron chi connectivity index (χ2n) is 3.30. The van der Waals surface area contributed by atoms with Crippen LogP contribution in [0.15, 0.2) is 18.2 Å². The third-order valence-electron chi connectivity index (χ3n) is 2.08. The standard InChI is InChI=1S/C10H14ClNO2/c1-6-2-3-8(12)7(4-6)10(14)9(13)5-11/h2-4,9-10,13-14H,5,12H2,1H3. The van der Waals surface area contributed by atoms with Gasteiger partial charge < -0.3 is 15.9 Å². The van der Waals surface area contributed by atoms with E-state index in [4.69, 9.17) is 17.3 Å². The Hall–Kier alpha value is -0.770. The number of rotatable bonds is 3. The number of nitrogens with two attached hydrogens (primary N) is 1. The molecule has 0 spiro atoms. The molecular formula is C10H14ClNO2. The molecule has 0 aliphatic carbocycles. The largest absolute Gasteiger partial charge is 0.398 e. The van der Waals surface area contributed by atoms with E-state index < -0.39 is 12.2 Å². The Labute approximate surface area is 88.1 Å². The molecule has 1 rings (SSSR count). The molecule has 3 nitrogen and oxygen atoms in total. The summed E-state index contributed by atoms with van der Waals surface area (Å²) in [5.74, 6) is -0.0193. The van der Waals surface area contributed by atoms with Crippen LogP contribution in [0.5, 0.6) is 0 Å². The highest BCUT2D eigenvalue weighted by Crippen LogP contribution is 2.24. The molecule has 4 heteroatoms. The van der Waals surface area contributed by atoms with E-state index in [-0.39, 0.29) is 5.88 Å². The van der Waals surface area contributed by atoms with E-state index in [2.05, 4.69) is 0 Å². The number of hydrogen-bond acceptors (Lipinski definition) is 3. The van der Waals surface area contributed by atoms with Crippen molar-refractivity contribution in [3.63, 3.8) is 0 Å². The number of aliphatic hydroxyl groups is 2. The Bertz CT molecular complexity index is 317. The Balaban J connectivity index is 2.99. The van der Waals surface area contributed by atoms with Gasteiger partial charge in [0.1, 0.15) is 6.10 Å². The molecule has 0 aliphatic heterocycles. The molecule has 4 N–H and O–H groups in total. The van der Waals surface area contributed by atoms with Gasteiger partial charge in [-0.15, -0.1) is 11.6 Å². The van der Waals surface area contributed by atoms with Gasteiger partial charge in [0.15, 0.2) is 0 Å². The molecule has 0 fully saturated rings. The molecule has 0 aliphatic rings. The first-order valence-corrected chi connectivity index (χ1v) is 4.88. The average molecular weight is 216 g/mol. The van der Waals surface area contributed by atoms with Gasteiger partial charge in [-0.3, -0.25) is 0 Å². The second kappa shape index (κ2) is 4.64. The van der Waals surface area contributed by atoms with Crippen molar-refractivity contribution >= 4 is 17.3 Å². The molecule has 2 atom stereocenters. The topological polar surface area (TPSA) is 66.5 Å². The summed E-state index contributed by atoms with van der Waals surface area (Å²) in [5, 5.41) is 19.0. The van der Waals surface area contributed by atoms with Crippen LogP contribution in [0.2, 0.25) is 0 Å². The summed E-state index contributed by atoms with van der Waals surface area (Å²) >= 11 is 5.44. The first kappa shape index (κ1) is 11.3. The lowest BCUT2D eigenvalue weighted by Gasteiger charge is -2.17. The third kappa shape index (κ3) is 2.38. The summed E-state index contributed by atoms with van der Waals surface area (Å²) in [6.07, 6.45) is -2.01. The van der Waals surface area contributed by atoms with Crippen LogP contribution >= 0.6 is 11.6 Å². The summed E-state index contributed by atoms with van der Waals surface area (Å²) in [4.78, 5) is 0. The SMILES string of the molecule is Cc1ccc(N)c(C(O)C(O)CCl)c1. The molecule has 0 saturated carbocycles. The fraction of sp³-hybridized carbons (Fsp3) is 0.400. The smallest absolute Gasteiger partial charge is 0.108 e. The van der Waals surface area contributed by atoms with Crippen molar-refractivity contribution in [1.82, 2.24) is 0 Å². The lowest BCUT2D eigenvalue weighted by atomic mass is 10.0. The molecule has 78 valence electrons. The molecule has 1 aromatic rings. The molecule has 0 bridgehead atoms. The number of alkyl halides is 1.